The molecule has 2 aliphatic rings. The van der Waals surface area contributed by atoms with Crippen molar-refractivity contribution >= 4 is 0 Å². The van der Waals surface area contributed by atoms with Crippen LogP contribution in [0.5, 0.6) is 0 Å². The van der Waals surface area contributed by atoms with Crippen LogP contribution in [0.1, 0.15) is 32.3 Å². The molecule has 0 radical (unpaired) electrons. The molecule has 1 saturated carbocycles. The van der Waals surface area contributed by atoms with E-state index < -0.39 is 0 Å². The average molecular weight is 293 g/mol. The molecule has 2 fully saturated rings. The third kappa shape index (κ3) is 2.85. The lowest BCUT2D eigenvalue weighted by molar-refractivity contribution is -0.0322. The normalized spacial score (nSPS) is 36.1. The summed E-state index contributed by atoms with van der Waals surface area (Å²) in [5, 5.41) is 0. The maximum absolute atomic E-state index is 13.7. The van der Waals surface area contributed by atoms with Gasteiger partial charge in [-0.1, -0.05) is 25.1 Å². The predicted molar refractivity (Wildman–Crippen MR) is 79.2 cm³/mol. The molecule has 21 heavy (non-hydrogen) atoms. The molecule has 3 nitrogen and oxygen atoms in total. The molecule has 1 aliphatic carbocycles. The fourth-order valence-electron chi connectivity index (χ4n) is 3.41. The van der Waals surface area contributed by atoms with Gasteiger partial charge in [0.05, 0.1) is 18.8 Å². The lowest BCUT2D eigenvalue weighted by Gasteiger charge is -2.33. The lowest BCUT2D eigenvalue weighted by atomic mass is 9.75. The minimum Gasteiger partial charge on any atom is -0.370 e. The van der Waals surface area contributed by atoms with Crippen molar-refractivity contribution < 1.29 is 13.9 Å². The molecule has 1 aromatic rings. The minimum absolute atomic E-state index is 0.0230. The third-order valence-corrected chi connectivity index (χ3v) is 5.23. The van der Waals surface area contributed by atoms with Gasteiger partial charge in [0, 0.05) is 5.56 Å². The standard InChI is InChI=1S/C17H24FNO2/c1-11(9-19)13-7-15(17(2)16(8-13)21-17)20-10-12-5-3-4-6-14(12)18/h3-6,11,13,15-16H,7-10,19H2,1-2H3. The molecule has 5 atom stereocenters. The van der Waals surface area contributed by atoms with Crippen LogP contribution in [0.25, 0.3) is 0 Å². The van der Waals surface area contributed by atoms with Gasteiger partial charge >= 0.3 is 0 Å². The number of ether oxygens (including phenoxy) is 2. The number of hydrogen-bond donors (Lipinski definition) is 1. The molecule has 2 N–H and O–H groups in total. The van der Waals surface area contributed by atoms with Crippen LogP contribution in [0.15, 0.2) is 24.3 Å². The topological polar surface area (TPSA) is 47.8 Å². The van der Waals surface area contributed by atoms with E-state index in [9.17, 15) is 4.39 Å². The average Bonchev–Trinajstić information content (AvgIpc) is 3.16. The lowest BCUT2D eigenvalue weighted by Crippen LogP contribution is -2.41. The summed E-state index contributed by atoms with van der Waals surface area (Å²) in [5.74, 6) is 0.790. The zero-order valence-corrected chi connectivity index (χ0v) is 12.7. The van der Waals surface area contributed by atoms with Gasteiger partial charge in [-0.25, -0.2) is 4.39 Å². The highest BCUT2D eigenvalue weighted by Crippen LogP contribution is 2.52. The zero-order valence-electron chi connectivity index (χ0n) is 12.7. The van der Waals surface area contributed by atoms with Crippen molar-refractivity contribution in [2.75, 3.05) is 6.54 Å². The number of epoxide rings is 1. The van der Waals surface area contributed by atoms with Crippen LogP contribution in [0, 0.1) is 17.7 Å². The molecule has 0 spiro atoms. The quantitative estimate of drug-likeness (QED) is 0.849. The van der Waals surface area contributed by atoms with Crippen LogP contribution in [0.2, 0.25) is 0 Å². The Kier molecular flexibility index (Phi) is 4.04. The number of rotatable bonds is 5. The molecule has 3 rings (SSSR count). The molecule has 0 aromatic heterocycles. The van der Waals surface area contributed by atoms with Gasteiger partial charge in [0.1, 0.15) is 11.4 Å². The largest absolute Gasteiger partial charge is 0.370 e. The van der Waals surface area contributed by atoms with Crippen molar-refractivity contribution in [3.63, 3.8) is 0 Å². The van der Waals surface area contributed by atoms with Crippen molar-refractivity contribution in [3.8, 4) is 0 Å². The van der Waals surface area contributed by atoms with Crippen molar-refractivity contribution in [2.24, 2.45) is 17.6 Å². The van der Waals surface area contributed by atoms with Gasteiger partial charge in [-0.2, -0.15) is 0 Å². The monoisotopic (exact) mass is 293 g/mol. The Hall–Kier alpha value is -0.970. The zero-order chi connectivity index (χ0) is 15.0. The second-order valence-electron chi connectivity index (χ2n) is 6.63. The molecule has 116 valence electrons. The second-order valence-corrected chi connectivity index (χ2v) is 6.63. The van der Waals surface area contributed by atoms with Crippen LogP contribution in [0.4, 0.5) is 4.39 Å². The molecular formula is C17H24FNO2. The van der Waals surface area contributed by atoms with E-state index in [2.05, 4.69) is 13.8 Å². The van der Waals surface area contributed by atoms with E-state index in [1.54, 1.807) is 12.1 Å². The smallest absolute Gasteiger partial charge is 0.128 e. The Labute approximate surface area is 125 Å². The number of benzene rings is 1. The highest BCUT2D eigenvalue weighted by Gasteiger charge is 2.62. The molecule has 0 bridgehead atoms. The highest BCUT2D eigenvalue weighted by molar-refractivity contribution is 5.17. The Balaban J connectivity index is 1.65. The summed E-state index contributed by atoms with van der Waals surface area (Å²) in [6.07, 6.45) is 2.31. The van der Waals surface area contributed by atoms with Gasteiger partial charge < -0.3 is 15.2 Å². The van der Waals surface area contributed by atoms with Gasteiger partial charge in [-0.15, -0.1) is 0 Å². The van der Waals surface area contributed by atoms with E-state index in [4.69, 9.17) is 15.2 Å². The van der Waals surface area contributed by atoms with Crippen LogP contribution in [0.3, 0.4) is 0 Å². The first-order valence-corrected chi connectivity index (χ1v) is 7.77. The van der Waals surface area contributed by atoms with Crippen LogP contribution >= 0.6 is 0 Å². The summed E-state index contributed by atoms with van der Waals surface area (Å²) in [6.45, 7) is 5.28. The fourth-order valence-corrected chi connectivity index (χ4v) is 3.41. The number of hydrogen-bond acceptors (Lipinski definition) is 3. The van der Waals surface area contributed by atoms with E-state index in [0.29, 0.717) is 30.6 Å². The fraction of sp³-hybridized carbons (Fsp3) is 0.647. The molecule has 1 aliphatic heterocycles. The van der Waals surface area contributed by atoms with E-state index in [1.165, 1.54) is 6.07 Å². The first kappa shape index (κ1) is 14.9. The molecule has 1 aromatic carbocycles. The number of nitrogens with two attached hydrogens (primary N) is 1. The number of fused-ring (bicyclic) bond motifs is 1. The van der Waals surface area contributed by atoms with Crippen molar-refractivity contribution in [2.45, 2.75) is 51.1 Å². The van der Waals surface area contributed by atoms with Gasteiger partial charge in [0.2, 0.25) is 0 Å². The molecule has 1 saturated heterocycles. The van der Waals surface area contributed by atoms with E-state index in [0.717, 1.165) is 12.8 Å². The summed E-state index contributed by atoms with van der Waals surface area (Å²) in [5.41, 5.74) is 6.21. The predicted octanol–water partition coefficient (Wildman–Crippen LogP) is 2.87. The Morgan fingerprint density at radius 2 is 2.19 bits per heavy atom. The first-order valence-electron chi connectivity index (χ1n) is 7.77. The van der Waals surface area contributed by atoms with Gasteiger partial charge in [-0.3, -0.25) is 0 Å². The maximum Gasteiger partial charge on any atom is 0.128 e. The molecular weight excluding hydrogens is 269 g/mol. The maximum atomic E-state index is 13.7. The Morgan fingerprint density at radius 1 is 1.43 bits per heavy atom. The highest BCUT2D eigenvalue weighted by atomic mass is 19.1. The van der Waals surface area contributed by atoms with Crippen molar-refractivity contribution in [1.29, 1.82) is 0 Å². The van der Waals surface area contributed by atoms with E-state index in [1.807, 2.05) is 6.07 Å². The third-order valence-electron chi connectivity index (χ3n) is 5.23. The van der Waals surface area contributed by atoms with Crippen LogP contribution < -0.4 is 5.73 Å². The molecule has 5 unspecified atom stereocenters. The van der Waals surface area contributed by atoms with E-state index in [-0.39, 0.29) is 23.6 Å². The van der Waals surface area contributed by atoms with Crippen LogP contribution in [-0.4, -0.2) is 24.4 Å². The molecule has 0 amide bonds. The summed E-state index contributed by atoms with van der Waals surface area (Å²) in [4.78, 5) is 0. The van der Waals surface area contributed by atoms with Gasteiger partial charge in [0.15, 0.2) is 0 Å². The summed E-state index contributed by atoms with van der Waals surface area (Å²) in [7, 11) is 0. The van der Waals surface area contributed by atoms with Gasteiger partial charge in [0.25, 0.3) is 0 Å². The minimum atomic E-state index is -0.210. The second kappa shape index (κ2) is 5.67. The summed E-state index contributed by atoms with van der Waals surface area (Å²) < 4.78 is 25.6. The Bertz CT molecular complexity index is 509. The van der Waals surface area contributed by atoms with Crippen molar-refractivity contribution in [1.82, 2.24) is 0 Å². The molecule has 1 heterocycles. The van der Waals surface area contributed by atoms with Crippen LogP contribution in [-0.2, 0) is 16.1 Å². The van der Waals surface area contributed by atoms with Crippen molar-refractivity contribution in [3.05, 3.63) is 35.6 Å². The Morgan fingerprint density at radius 3 is 2.90 bits per heavy atom. The SMILES string of the molecule is CC(CN)C1CC(OCc2ccccc2F)C2(C)OC2C1. The first-order chi connectivity index (χ1) is 10.0. The molecule has 4 heteroatoms. The van der Waals surface area contributed by atoms with E-state index >= 15 is 0 Å². The number of halogens is 1. The van der Waals surface area contributed by atoms with Gasteiger partial charge in [-0.05, 0) is 44.2 Å². The summed E-state index contributed by atoms with van der Waals surface area (Å²) in [6, 6.07) is 6.77. The summed E-state index contributed by atoms with van der Waals surface area (Å²) >= 11 is 0.